The first-order valence-electron chi connectivity index (χ1n) is 10.7. The van der Waals surface area contributed by atoms with Crippen LogP contribution in [-0.2, 0) is 19.4 Å². The van der Waals surface area contributed by atoms with Crippen molar-refractivity contribution in [2.75, 3.05) is 20.8 Å². The number of hydrogen-bond donors (Lipinski definition) is 1. The van der Waals surface area contributed by atoms with Gasteiger partial charge in [-0.05, 0) is 48.6 Å². The number of carbonyl (C=O) groups is 1. The minimum atomic E-state index is -0.130. The smallest absolute Gasteiger partial charge is 0.271 e. The van der Waals surface area contributed by atoms with E-state index in [9.17, 15) is 4.79 Å². The fourth-order valence-electron chi connectivity index (χ4n) is 4.30. The fraction of sp³-hybridized carbons (Fsp3) is 0.360. The number of nitrogens with one attached hydrogen (secondary N) is 1. The summed E-state index contributed by atoms with van der Waals surface area (Å²) in [6.07, 6.45) is 4.54. The Kier molecular flexibility index (Phi) is 6.26. The molecule has 162 valence electrons. The van der Waals surface area contributed by atoms with Crippen LogP contribution in [0, 0.1) is 6.92 Å². The summed E-state index contributed by atoms with van der Waals surface area (Å²) in [6.45, 7) is 3.56. The van der Waals surface area contributed by atoms with Gasteiger partial charge in [0, 0.05) is 31.6 Å². The van der Waals surface area contributed by atoms with E-state index >= 15 is 0 Å². The molecule has 2 heterocycles. The van der Waals surface area contributed by atoms with Crippen molar-refractivity contribution in [3.8, 4) is 11.5 Å². The first-order valence-corrected chi connectivity index (χ1v) is 10.7. The van der Waals surface area contributed by atoms with Gasteiger partial charge in [0.05, 0.1) is 14.2 Å². The lowest BCUT2D eigenvalue weighted by Crippen LogP contribution is -2.26. The molecule has 0 saturated carbocycles. The van der Waals surface area contributed by atoms with Crippen LogP contribution in [0.5, 0.6) is 11.5 Å². The normalized spacial score (nSPS) is 15.3. The van der Waals surface area contributed by atoms with Crippen LogP contribution >= 0.6 is 0 Å². The van der Waals surface area contributed by atoms with Crippen molar-refractivity contribution < 1.29 is 14.3 Å². The molecule has 1 aromatic heterocycles. The summed E-state index contributed by atoms with van der Waals surface area (Å²) in [4.78, 5) is 17.2. The van der Waals surface area contributed by atoms with E-state index < -0.39 is 0 Å². The van der Waals surface area contributed by atoms with Crippen LogP contribution in [0.25, 0.3) is 0 Å². The number of hydrogen-bond acceptors (Lipinski definition) is 4. The third-order valence-corrected chi connectivity index (χ3v) is 6.00. The topological polar surface area (TPSA) is 65.4 Å². The van der Waals surface area contributed by atoms with Crippen molar-refractivity contribution in [2.45, 2.75) is 38.6 Å². The molecular formula is C25H29N3O3. The lowest BCUT2D eigenvalue weighted by atomic mass is 9.89. The van der Waals surface area contributed by atoms with Crippen LogP contribution in [0.4, 0.5) is 0 Å². The Morgan fingerprint density at radius 3 is 2.74 bits per heavy atom. The summed E-state index contributed by atoms with van der Waals surface area (Å²) in [5.41, 5.74) is 4.28. The first kappa shape index (κ1) is 21.0. The second-order valence-electron chi connectivity index (χ2n) is 7.98. The zero-order chi connectivity index (χ0) is 21.8. The summed E-state index contributed by atoms with van der Waals surface area (Å²) < 4.78 is 12.8. The van der Waals surface area contributed by atoms with Crippen LogP contribution in [-0.4, -0.2) is 36.2 Å². The second kappa shape index (κ2) is 9.25. The number of carbonyl (C=O) groups excluding carboxylic acids is 1. The molecule has 4 rings (SSSR count). The third kappa shape index (κ3) is 4.58. The standard InChI is InChI=1S/C25H29N3O3/c1-17-6-4-5-7-20(17)19-9-11-24-27-21(16-28(24)15-19)25(29)26-13-12-18-8-10-22(30-2)23(14-18)31-3/h4-8,10,14,16,19H,9,11-13,15H2,1-3H3,(H,26,29)/t19-/m0/s1. The fourth-order valence-corrected chi connectivity index (χ4v) is 4.30. The Bertz CT molecular complexity index is 1070. The van der Waals surface area contributed by atoms with Crippen LogP contribution in [0.1, 0.15) is 45.3 Å². The predicted molar refractivity (Wildman–Crippen MR) is 120 cm³/mol. The van der Waals surface area contributed by atoms with Gasteiger partial charge in [0.15, 0.2) is 11.5 Å². The van der Waals surface area contributed by atoms with Crippen molar-refractivity contribution in [2.24, 2.45) is 0 Å². The molecule has 2 aromatic carbocycles. The number of benzene rings is 2. The molecule has 3 aromatic rings. The van der Waals surface area contributed by atoms with Gasteiger partial charge >= 0.3 is 0 Å². The van der Waals surface area contributed by atoms with Crippen molar-refractivity contribution in [1.82, 2.24) is 14.9 Å². The minimum absolute atomic E-state index is 0.130. The molecule has 0 bridgehead atoms. The SMILES string of the molecule is COc1ccc(CCNC(=O)c2cn3c(n2)CC[C@H](c2ccccc2C)C3)cc1OC. The first-order chi connectivity index (χ1) is 15.1. The highest BCUT2D eigenvalue weighted by Crippen LogP contribution is 2.31. The second-order valence-corrected chi connectivity index (χ2v) is 7.98. The molecule has 0 radical (unpaired) electrons. The van der Waals surface area contributed by atoms with E-state index in [4.69, 9.17) is 9.47 Å². The van der Waals surface area contributed by atoms with E-state index in [1.165, 1.54) is 11.1 Å². The predicted octanol–water partition coefficient (Wildman–Crippen LogP) is 3.91. The number of fused-ring (bicyclic) bond motifs is 1. The van der Waals surface area contributed by atoms with Gasteiger partial charge in [-0.2, -0.15) is 0 Å². The van der Waals surface area contributed by atoms with E-state index in [-0.39, 0.29) is 5.91 Å². The van der Waals surface area contributed by atoms with E-state index in [1.807, 2.05) is 24.4 Å². The Balaban J connectivity index is 1.36. The van der Waals surface area contributed by atoms with Crippen molar-refractivity contribution in [3.05, 3.63) is 76.9 Å². The molecular weight excluding hydrogens is 390 g/mol. The maximum absolute atomic E-state index is 12.7. The molecule has 0 spiro atoms. The van der Waals surface area contributed by atoms with Crippen molar-refractivity contribution >= 4 is 5.91 Å². The Morgan fingerprint density at radius 2 is 1.97 bits per heavy atom. The Labute approximate surface area is 183 Å². The number of ether oxygens (including phenoxy) is 2. The number of rotatable bonds is 7. The van der Waals surface area contributed by atoms with Crippen molar-refractivity contribution in [1.29, 1.82) is 0 Å². The minimum Gasteiger partial charge on any atom is -0.493 e. The maximum Gasteiger partial charge on any atom is 0.271 e. The highest BCUT2D eigenvalue weighted by molar-refractivity contribution is 5.92. The molecule has 1 atom stereocenters. The van der Waals surface area contributed by atoms with E-state index in [1.54, 1.807) is 14.2 Å². The quantitative estimate of drug-likeness (QED) is 0.631. The van der Waals surface area contributed by atoms with Gasteiger partial charge < -0.3 is 19.4 Å². The number of nitrogens with zero attached hydrogens (tertiary/aromatic N) is 2. The largest absolute Gasteiger partial charge is 0.493 e. The van der Waals surface area contributed by atoms with Crippen molar-refractivity contribution in [3.63, 3.8) is 0 Å². The van der Waals surface area contributed by atoms with Crippen LogP contribution < -0.4 is 14.8 Å². The van der Waals surface area contributed by atoms with Gasteiger partial charge in [-0.25, -0.2) is 4.98 Å². The third-order valence-electron chi connectivity index (χ3n) is 6.00. The lowest BCUT2D eigenvalue weighted by Gasteiger charge is -2.25. The lowest BCUT2D eigenvalue weighted by molar-refractivity contribution is 0.0949. The van der Waals surface area contributed by atoms with Crippen LogP contribution in [0.2, 0.25) is 0 Å². The zero-order valence-corrected chi connectivity index (χ0v) is 18.4. The van der Waals surface area contributed by atoms with Gasteiger partial charge in [-0.1, -0.05) is 30.3 Å². The molecule has 1 amide bonds. The number of methoxy groups -OCH3 is 2. The molecule has 0 fully saturated rings. The molecule has 0 aliphatic carbocycles. The number of aryl methyl sites for hydroxylation is 2. The summed E-state index contributed by atoms with van der Waals surface area (Å²) >= 11 is 0. The number of aromatic nitrogens is 2. The summed E-state index contributed by atoms with van der Waals surface area (Å²) in [5.74, 6) is 2.72. The maximum atomic E-state index is 12.7. The Morgan fingerprint density at radius 1 is 1.16 bits per heavy atom. The van der Waals surface area contributed by atoms with E-state index in [0.717, 1.165) is 30.8 Å². The summed E-state index contributed by atoms with van der Waals surface area (Å²) in [6, 6.07) is 14.3. The van der Waals surface area contributed by atoms with Gasteiger partial charge in [-0.15, -0.1) is 0 Å². The molecule has 1 aliphatic heterocycles. The molecule has 6 nitrogen and oxygen atoms in total. The average Bonchev–Trinajstić information content (AvgIpc) is 3.23. The summed E-state index contributed by atoms with van der Waals surface area (Å²) in [5, 5.41) is 2.99. The molecule has 6 heteroatoms. The number of amides is 1. The van der Waals surface area contributed by atoms with Gasteiger partial charge in [0.25, 0.3) is 5.91 Å². The highest BCUT2D eigenvalue weighted by Gasteiger charge is 2.24. The molecule has 0 unspecified atom stereocenters. The molecule has 31 heavy (non-hydrogen) atoms. The van der Waals surface area contributed by atoms with Crippen LogP contribution in [0.3, 0.4) is 0 Å². The van der Waals surface area contributed by atoms with E-state index in [0.29, 0.717) is 36.1 Å². The highest BCUT2D eigenvalue weighted by atomic mass is 16.5. The average molecular weight is 420 g/mol. The van der Waals surface area contributed by atoms with Gasteiger partial charge in [-0.3, -0.25) is 4.79 Å². The number of imidazole rings is 1. The molecule has 1 aliphatic rings. The van der Waals surface area contributed by atoms with Gasteiger partial charge in [0.2, 0.25) is 0 Å². The zero-order valence-electron chi connectivity index (χ0n) is 18.4. The summed E-state index contributed by atoms with van der Waals surface area (Å²) in [7, 11) is 3.24. The monoisotopic (exact) mass is 419 g/mol. The van der Waals surface area contributed by atoms with E-state index in [2.05, 4.69) is 46.1 Å². The Hall–Kier alpha value is -3.28. The van der Waals surface area contributed by atoms with Crippen LogP contribution in [0.15, 0.2) is 48.7 Å². The molecule has 0 saturated heterocycles. The molecule has 1 N–H and O–H groups in total. The van der Waals surface area contributed by atoms with Gasteiger partial charge in [0.1, 0.15) is 11.5 Å².